The number of benzene rings is 4. The van der Waals surface area contributed by atoms with E-state index in [0.29, 0.717) is 29.6 Å². The predicted molar refractivity (Wildman–Crippen MR) is 158 cm³/mol. The molecule has 0 heterocycles. The third kappa shape index (κ3) is 6.70. The zero-order valence-corrected chi connectivity index (χ0v) is 22.1. The van der Waals surface area contributed by atoms with E-state index < -0.39 is 5.97 Å². The third-order valence-electron chi connectivity index (χ3n) is 6.39. The molecule has 0 amide bonds. The van der Waals surface area contributed by atoms with Crippen molar-refractivity contribution in [3.63, 3.8) is 0 Å². The van der Waals surface area contributed by atoms with Gasteiger partial charge in [-0.05, 0) is 40.7 Å². The number of carbonyl (C=O) groups excluding carboxylic acids is 1. The molecule has 0 saturated heterocycles. The van der Waals surface area contributed by atoms with Crippen LogP contribution < -0.4 is 0 Å². The Morgan fingerprint density at radius 1 is 0.600 bits per heavy atom. The largest absolute Gasteiger partial charge is 0.462 e. The summed E-state index contributed by atoms with van der Waals surface area (Å²) < 4.78 is 5.55. The molecule has 40 heavy (non-hydrogen) atoms. The lowest BCUT2D eigenvalue weighted by molar-refractivity contribution is -0.138. The number of nitriles is 2. The highest BCUT2D eigenvalue weighted by Gasteiger charge is 2.20. The van der Waals surface area contributed by atoms with Crippen molar-refractivity contribution in [3.8, 4) is 12.1 Å². The molecule has 0 spiro atoms. The molecule has 0 bridgehead atoms. The molecule has 0 saturated carbocycles. The van der Waals surface area contributed by atoms with Crippen molar-refractivity contribution in [1.29, 1.82) is 10.5 Å². The number of esters is 1. The van der Waals surface area contributed by atoms with E-state index in [-0.39, 0.29) is 12.2 Å². The Hall–Kier alpha value is -5.45. The minimum absolute atomic E-state index is 0.0516. The molecule has 0 fully saturated rings. The average molecular weight is 521 g/mol. The summed E-state index contributed by atoms with van der Waals surface area (Å²) in [5.74, 6) is -0.680. The molecule has 0 aliphatic heterocycles. The first kappa shape index (κ1) is 27.6. The summed E-state index contributed by atoms with van der Waals surface area (Å²) in [5.41, 5.74) is 5.82. The summed E-state index contributed by atoms with van der Waals surface area (Å²) >= 11 is 0. The predicted octanol–water partition coefficient (Wildman–Crippen LogP) is 7.92. The lowest BCUT2D eigenvalue weighted by atomic mass is 9.89. The number of rotatable bonds is 10. The molecule has 0 atom stereocenters. The number of carbonyl (C=O) groups is 1. The minimum atomic E-state index is -0.680. The van der Waals surface area contributed by atoms with Crippen LogP contribution >= 0.6 is 0 Å². The summed E-state index contributed by atoms with van der Waals surface area (Å²) in [4.78, 5) is 13.1. The highest BCUT2D eigenvalue weighted by molar-refractivity contribution is 6.05. The van der Waals surface area contributed by atoms with E-state index in [0.717, 1.165) is 27.8 Å². The molecule has 4 heteroatoms. The van der Waals surface area contributed by atoms with Crippen molar-refractivity contribution < 1.29 is 9.53 Å². The van der Waals surface area contributed by atoms with Crippen LogP contribution in [0, 0.1) is 22.7 Å². The van der Waals surface area contributed by atoms with Gasteiger partial charge in [0.05, 0.1) is 12.2 Å². The van der Waals surface area contributed by atoms with Gasteiger partial charge in [-0.15, -0.1) is 0 Å². The molecular weight excluding hydrogens is 492 g/mol. The minimum Gasteiger partial charge on any atom is -0.462 e. The average Bonchev–Trinajstić information content (AvgIpc) is 3.02. The highest BCUT2D eigenvalue weighted by Crippen LogP contribution is 2.31. The fraction of sp³-hybridized carbons (Fsp3) is 0.0833. The second-order valence-corrected chi connectivity index (χ2v) is 9.03. The number of hydrogen-bond acceptors (Lipinski definition) is 4. The Morgan fingerprint density at radius 2 is 0.950 bits per heavy atom. The van der Waals surface area contributed by atoms with Crippen LogP contribution in [0.2, 0.25) is 0 Å². The Bertz CT molecular complexity index is 1400. The first-order chi connectivity index (χ1) is 19.6. The van der Waals surface area contributed by atoms with Gasteiger partial charge in [0.2, 0.25) is 0 Å². The van der Waals surface area contributed by atoms with Crippen molar-refractivity contribution in [2.45, 2.75) is 12.8 Å². The summed E-state index contributed by atoms with van der Waals surface area (Å²) in [5, 5.41) is 20.1. The molecule has 194 valence electrons. The molecule has 0 aromatic heterocycles. The van der Waals surface area contributed by atoms with Crippen LogP contribution in [0.5, 0.6) is 0 Å². The first-order valence-corrected chi connectivity index (χ1v) is 13.0. The van der Waals surface area contributed by atoms with Gasteiger partial charge in [0.25, 0.3) is 0 Å². The Kier molecular flexibility index (Phi) is 9.59. The fourth-order valence-electron chi connectivity index (χ4n) is 4.49. The molecular formula is C36H28N2O2. The van der Waals surface area contributed by atoms with Crippen LogP contribution in [0.3, 0.4) is 0 Å². The van der Waals surface area contributed by atoms with Crippen molar-refractivity contribution in [1.82, 2.24) is 0 Å². The van der Waals surface area contributed by atoms with Gasteiger partial charge in [-0.25, -0.2) is 4.79 Å². The topological polar surface area (TPSA) is 73.9 Å². The molecule has 4 aromatic rings. The van der Waals surface area contributed by atoms with E-state index in [2.05, 4.69) is 18.7 Å². The summed E-state index contributed by atoms with van der Waals surface area (Å²) in [6, 6.07) is 42.6. The molecule has 0 aliphatic carbocycles. The lowest BCUT2D eigenvalue weighted by Crippen LogP contribution is -2.11. The van der Waals surface area contributed by atoms with Crippen molar-refractivity contribution >= 4 is 17.1 Å². The van der Waals surface area contributed by atoms with E-state index in [1.165, 1.54) is 0 Å². The lowest BCUT2D eigenvalue weighted by Gasteiger charge is -2.14. The van der Waals surface area contributed by atoms with E-state index in [1.54, 1.807) is 0 Å². The second kappa shape index (κ2) is 13.9. The Labute approximate surface area is 235 Å². The van der Waals surface area contributed by atoms with Gasteiger partial charge in [-0.2, -0.15) is 10.5 Å². The number of allylic oxidation sites excluding steroid dienone is 2. The standard InChI is InChI=1S/C36H28N2O2/c1-27(32(25-37)34(28-16-6-2-7-17-28)29-18-8-3-9-19-29)15-14-24-40-36(39)33(26-38)35(30-20-10-4-11-21-30)31-22-12-5-13-23-31/h2-13,16-23H,1,14-15,24H2. The third-order valence-corrected chi connectivity index (χ3v) is 6.39. The number of ether oxygens (including phenoxy) is 1. The van der Waals surface area contributed by atoms with Gasteiger partial charge in [0, 0.05) is 11.1 Å². The van der Waals surface area contributed by atoms with E-state index >= 15 is 0 Å². The van der Waals surface area contributed by atoms with E-state index in [4.69, 9.17) is 4.74 Å². The second-order valence-electron chi connectivity index (χ2n) is 9.03. The van der Waals surface area contributed by atoms with Gasteiger partial charge in [0.1, 0.15) is 17.7 Å². The van der Waals surface area contributed by atoms with Gasteiger partial charge in [0.15, 0.2) is 0 Å². The van der Waals surface area contributed by atoms with Crippen LogP contribution in [-0.2, 0) is 9.53 Å². The summed E-state index contributed by atoms with van der Waals surface area (Å²) in [6.45, 7) is 4.28. The van der Waals surface area contributed by atoms with Gasteiger partial charge in [-0.1, -0.05) is 128 Å². The van der Waals surface area contributed by atoms with Crippen LogP contribution in [-0.4, -0.2) is 12.6 Å². The van der Waals surface area contributed by atoms with Gasteiger partial charge in [-0.3, -0.25) is 0 Å². The van der Waals surface area contributed by atoms with Crippen LogP contribution in [0.25, 0.3) is 11.1 Å². The zero-order chi connectivity index (χ0) is 28.2. The molecule has 4 nitrogen and oxygen atoms in total. The SMILES string of the molecule is C=C(CCCOC(=O)C(C#N)=C(c1ccccc1)c1ccccc1)C(C#N)=C(c1ccccc1)c1ccccc1. The van der Waals surface area contributed by atoms with E-state index in [9.17, 15) is 15.3 Å². The maximum Gasteiger partial charge on any atom is 0.349 e. The maximum absolute atomic E-state index is 13.1. The fourth-order valence-corrected chi connectivity index (χ4v) is 4.49. The van der Waals surface area contributed by atoms with Crippen molar-refractivity contribution in [3.05, 3.63) is 167 Å². The smallest absolute Gasteiger partial charge is 0.349 e. The zero-order valence-electron chi connectivity index (χ0n) is 22.1. The molecule has 0 N–H and O–H groups in total. The number of hydrogen-bond donors (Lipinski definition) is 0. The Balaban J connectivity index is 1.52. The normalized spacial score (nSPS) is 9.95. The number of nitrogens with zero attached hydrogens (tertiary/aromatic N) is 2. The van der Waals surface area contributed by atoms with Crippen LogP contribution in [0.1, 0.15) is 35.1 Å². The maximum atomic E-state index is 13.1. The quantitative estimate of drug-likeness (QED) is 0.0700. The monoisotopic (exact) mass is 520 g/mol. The van der Waals surface area contributed by atoms with Crippen molar-refractivity contribution in [2.75, 3.05) is 6.61 Å². The molecule has 0 unspecified atom stereocenters. The molecule has 0 radical (unpaired) electrons. The van der Waals surface area contributed by atoms with E-state index in [1.807, 2.05) is 121 Å². The summed E-state index contributed by atoms with van der Waals surface area (Å²) in [6.07, 6.45) is 0.909. The molecule has 4 rings (SSSR count). The summed E-state index contributed by atoms with van der Waals surface area (Å²) in [7, 11) is 0. The molecule has 4 aromatic carbocycles. The van der Waals surface area contributed by atoms with Gasteiger partial charge >= 0.3 is 5.97 Å². The first-order valence-electron chi connectivity index (χ1n) is 13.0. The van der Waals surface area contributed by atoms with Crippen LogP contribution in [0.4, 0.5) is 0 Å². The highest BCUT2D eigenvalue weighted by atomic mass is 16.5. The Morgan fingerprint density at radius 3 is 1.30 bits per heavy atom. The van der Waals surface area contributed by atoms with Crippen molar-refractivity contribution in [2.24, 2.45) is 0 Å². The van der Waals surface area contributed by atoms with Gasteiger partial charge < -0.3 is 4.74 Å². The molecule has 0 aliphatic rings. The van der Waals surface area contributed by atoms with Crippen LogP contribution in [0.15, 0.2) is 145 Å².